The summed E-state index contributed by atoms with van der Waals surface area (Å²) in [4.78, 5) is 55.5. The number of fused-ring (bicyclic) bond motifs is 12. The molecule has 16 heteroatoms. The average molecular weight is 907 g/mol. The minimum Gasteiger partial charge on any atom is -0.508 e. The Labute approximate surface area is 374 Å². The Morgan fingerprint density at radius 2 is 0.574 bits per heavy atom. The molecule has 4 aromatic heterocycles. The van der Waals surface area contributed by atoms with Gasteiger partial charge in [0.15, 0.2) is 0 Å². The van der Waals surface area contributed by atoms with Gasteiger partial charge >= 0.3 is 22.5 Å². The summed E-state index contributed by atoms with van der Waals surface area (Å²) in [5.41, 5.74) is -5.95. The largest absolute Gasteiger partial charge is 0.508 e. The van der Waals surface area contributed by atoms with Crippen LogP contribution in [0.5, 0.6) is 46.0 Å². The van der Waals surface area contributed by atoms with E-state index in [1.807, 2.05) is 0 Å². The van der Waals surface area contributed by atoms with Crippen LogP contribution < -0.4 is 22.5 Å². The fourth-order valence-electron chi connectivity index (χ4n) is 9.37. The van der Waals surface area contributed by atoms with E-state index < -0.39 is 67.4 Å². The molecule has 12 rings (SSSR count). The van der Waals surface area contributed by atoms with Crippen molar-refractivity contribution in [2.24, 2.45) is 0 Å². The molecule has 0 saturated carbocycles. The second-order valence-corrected chi connectivity index (χ2v) is 16.3. The van der Waals surface area contributed by atoms with Crippen LogP contribution in [0.2, 0.25) is 0 Å². The van der Waals surface area contributed by atoms with E-state index in [2.05, 4.69) is 0 Å². The zero-order valence-corrected chi connectivity index (χ0v) is 34.2. The second-order valence-electron chi connectivity index (χ2n) is 16.3. The number of phenols is 8. The number of phenolic OH excluding ortho intramolecular Hbond substituents is 8. The number of hydrogen-bond acceptors (Lipinski definition) is 16. The predicted molar refractivity (Wildman–Crippen MR) is 250 cm³/mol. The van der Waals surface area contributed by atoms with E-state index in [0.29, 0.717) is 10.8 Å². The van der Waals surface area contributed by atoms with Crippen molar-refractivity contribution in [2.75, 3.05) is 0 Å². The molecule has 0 atom stereocenters. The summed E-state index contributed by atoms with van der Waals surface area (Å²) in [6.45, 7) is 0. The van der Waals surface area contributed by atoms with Gasteiger partial charge in [0.2, 0.25) is 0 Å². The fraction of sp³-hybridized carbons (Fsp3) is 0. The van der Waals surface area contributed by atoms with Crippen LogP contribution in [-0.4, -0.2) is 40.9 Å². The molecule has 8 N–H and O–H groups in total. The maximum Gasteiger partial charge on any atom is 0.344 e. The van der Waals surface area contributed by atoms with Gasteiger partial charge in [-0.25, -0.2) is 19.2 Å². The lowest BCUT2D eigenvalue weighted by molar-refractivity contribution is 0.466. The number of hydrogen-bond donors (Lipinski definition) is 8. The molecular weight excluding hydrogens is 881 g/mol. The maximum atomic E-state index is 14.5. The quantitative estimate of drug-likeness (QED) is 0.0605. The highest BCUT2D eigenvalue weighted by molar-refractivity contribution is 6.22. The molecule has 8 aromatic carbocycles. The topological polar surface area (TPSA) is 283 Å². The van der Waals surface area contributed by atoms with E-state index >= 15 is 0 Å². The highest BCUT2D eigenvalue weighted by Crippen LogP contribution is 2.54. The van der Waals surface area contributed by atoms with Crippen molar-refractivity contribution >= 4 is 87.0 Å². The Balaban J connectivity index is 1.28. The van der Waals surface area contributed by atoms with Crippen LogP contribution in [0.4, 0.5) is 0 Å². The molecule has 0 amide bonds. The van der Waals surface area contributed by atoms with Gasteiger partial charge in [-0.3, -0.25) is 0 Å². The molecule has 12 aromatic rings. The van der Waals surface area contributed by atoms with Crippen LogP contribution >= 0.6 is 0 Å². The Kier molecular flexibility index (Phi) is 8.02. The van der Waals surface area contributed by atoms with Gasteiger partial charge in [0.25, 0.3) is 0 Å². The number of rotatable bonds is 3. The first-order valence-corrected chi connectivity index (χ1v) is 20.4. The van der Waals surface area contributed by atoms with E-state index in [-0.39, 0.29) is 111 Å². The van der Waals surface area contributed by atoms with E-state index in [1.54, 1.807) is 0 Å². The molecule has 0 unspecified atom stereocenters. The van der Waals surface area contributed by atoms with Crippen molar-refractivity contribution in [3.05, 3.63) is 151 Å². The van der Waals surface area contributed by atoms with Crippen molar-refractivity contribution in [1.29, 1.82) is 0 Å². The van der Waals surface area contributed by atoms with E-state index in [0.717, 1.165) is 12.1 Å². The zero-order valence-electron chi connectivity index (χ0n) is 34.2. The van der Waals surface area contributed by atoms with E-state index in [1.165, 1.54) is 97.1 Å². The molecule has 68 heavy (non-hydrogen) atoms. The molecule has 0 saturated heterocycles. The monoisotopic (exact) mass is 906 g/mol. The number of aromatic hydroxyl groups is 8. The summed E-state index contributed by atoms with van der Waals surface area (Å²) in [5, 5.41) is 91.0. The van der Waals surface area contributed by atoms with Crippen molar-refractivity contribution in [1.82, 2.24) is 0 Å². The molecule has 0 fully saturated rings. The summed E-state index contributed by atoms with van der Waals surface area (Å²) in [6, 6.07) is 23.6. The van der Waals surface area contributed by atoms with Gasteiger partial charge in [0.05, 0.1) is 21.5 Å². The molecule has 16 nitrogen and oxygen atoms in total. The SMILES string of the molecule is O=c1oc2cc(O)ccc2c2cc(-c3cc4c(c(-c5c(O)c(-c6cc7c(cc6O)c(=O)oc6cc(O)ccc67)cc6c5c(=O)oc5cc(O)ccc56)c3O)c(=O)oc3cc(O)ccc34)c(O)cc12. The first kappa shape index (κ1) is 39.6. The van der Waals surface area contributed by atoms with Crippen LogP contribution in [-0.2, 0) is 0 Å². The molecule has 0 aliphatic carbocycles. The molecular formula is C52H26O16. The summed E-state index contributed by atoms with van der Waals surface area (Å²) in [5.74, 6) is -3.69. The maximum absolute atomic E-state index is 14.5. The number of benzene rings is 8. The van der Waals surface area contributed by atoms with Crippen LogP contribution in [0.3, 0.4) is 0 Å². The molecule has 4 heterocycles. The highest BCUT2D eigenvalue weighted by atomic mass is 16.4. The Bertz CT molecular complexity index is 4280. The van der Waals surface area contributed by atoms with Crippen molar-refractivity contribution in [3.63, 3.8) is 0 Å². The normalized spacial score (nSPS) is 11.9. The van der Waals surface area contributed by atoms with Crippen LogP contribution in [0.25, 0.3) is 120 Å². The van der Waals surface area contributed by atoms with Gasteiger partial charge < -0.3 is 58.5 Å². The molecule has 0 bridgehead atoms. The van der Waals surface area contributed by atoms with Crippen LogP contribution in [0, 0.1) is 0 Å². The fourth-order valence-corrected chi connectivity index (χ4v) is 9.37. The molecule has 0 spiro atoms. The molecule has 0 radical (unpaired) electrons. The third kappa shape index (κ3) is 5.60. The van der Waals surface area contributed by atoms with E-state index in [4.69, 9.17) is 17.7 Å². The average Bonchev–Trinajstić information content (AvgIpc) is 3.29. The summed E-state index contributed by atoms with van der Waals surface area (Å²) < 4.78 is 22.3. The van der Waals surface area contributed by atoms with Gasteiger partial charge in [-0.2, -0.15) is 0 Å². The summed E-state index contributed by atoms with van der Waals surface area (Å²) >= 11 is 0. The van der Waals surface area contributed by atoms with Gasteiger partial charge in [0.1, 0.15) is 68.3 Å². The summed E-state index contributed by atoms with van der Waals surface area (Å²) in [7, 11) is 0. The van der Waals surface area contributed by atoms with Gasteiger partial charge in [-0.15, -0.1) is 0 Å². The van der Waals surface area contributed by atoms with Crippen molar-refractivity contribution in [2.45, 2.75) is 0 Å². The lowest BCUT2D eigenvalue weighted by atomic mass is 9.85. The van der Waals surface area contributed by atoms with Crippen LogP contribution in [0.15, 0.2) is 146 Å². The molecule has 330 valence electrons. The second kappa shape index (κ2) is 13.8. The minimum absolute atomic E-state index is 0.00425. The Morgan fingerprint density at radius 3 is 0.912 bits per heavy atom. The Morgan fingerprint density at radius 1 is 0.279 bits per heavy atom. The van der Waals surface area contributed by atoms with Gasteiger partial charge in [0, 0.05) is 101 Å². The first-order valence-electron chi connectivity index (χ1n) is 20.4. The van der Waals surface area contributed by atoms with Crippen molar-refractivity contribution in [3.8, 4) is 79.4 Å². The Hall–Kier alpha value is -9.96. The lowest BCUT2D eigenvalue weighted by Gasteiger charge is -2.20. The predicted octanol–water partition coefficient (Wildman–Crippen LogP) is 9.37. The molecule has 0 aliphatic heterocycles. The van der Waals surface area contributed by atoms with E-state index in [9.17, 15) is 60.0 Å². The first-order chi connectivity index (χ1) is 32.6. The third-order valence-electron chi connectivity index (χ3n) is 12.4. The van der Waals surface area contributed by atoms with Crippen LogP contribution in [0.1, 0.15) is 0 Å². The smallest absolute Gasteiger partial charge is 0.344 e. The highest BCUT2D eigenvalue weighted by Gasteiger charge is 2.31. The standard InChI is InChI=1S/C52H26O16/c53-19-1-5-23-27-13-29(37(57)17-35(27)49(61)65-39(23)9-19)33-15-31-25-7-3-21(55)11-41(25)67-51(63)43(31)45(47(33)59)46-44-32(26-8-4-22(56)12-42(26)68-52(44)64)16-34(48(46)60)30-14-28-24-6-2-20(54)10-40(24)66-50(62)36(28)18-38(30)58/h1-18,53-60H. The molecule has 0 aliphatic rings. The third-order valence-corrected chi connectivity index (χ3v) is 12.4. The van der Waals surface area contributed by atoms with Gasteiger partial charge in [-0.1, -0.05) is 0 Å². The summed E-state index contributed by atoms with van der Waals surface area (Å²) in [6.07, 6.45) is 0. The van der Waals surface area contributed by atoms with Gasteiger partial charge in [-0.05, 0) is 84.9 Å². The lowest BCUT2D eigenvalue weighted by Crippen LogP contribution is -2.07. The minimum atomic E-state index is -1.12. The zero-order chi connectivity index (χ0) is 47.2. The van der Waals surface area contributed by atoms with Crippen molar-refractivity contribution < 1.29 is 58.5 Å².